The average molecular weight is 406 g/mol. The van der Waals surface area contributed by atoms with E-state index in [1.165, 1.54) is 18.5 Å². The molecule has 0 bridgehead atoms. The summed E-state index contributed by atoms with van der Waals surface area (Å²) in [5.74, 6) is 0.249. The molecule has 1 amide bonds. The molecule has 0 aromatic carbocycles. The highest BCUT2D eigenvalue weighted by atomic mass is 35.5. The number of likely N-dealkylation sites (N-methyl/N-ethyl adjacent to an activating group) is 1. The van der Waals surface area contributed by atoms with E-state index in [0.717, 1.165) is 51.3 Å². The van der Waals surface area contributed by atoms with E-state index in [0.29, 0.717) is 5.41 Å². The number of nitrogens with one attached hydrogen (secondary N) is 2. The molecule has 1 spiro atoms. The Morgan fingerprint density at radius 2 is 2.04 bits per heavy atom. The molecule has 6 nitrogen and oxygen atoms in total. The van der Waals surface area contributed by atoms with Gasteiger partial charge >= 0.3 is 0 Å². The van der Waals surface area contributed by atoms with Crippen LogP contribution in [0.15, 0.2) is 6.07 Å². The third-order valence-electron chi connectivity index (χ3n) is 5.67. The van der Waals surface area contributed by atoms with Gasteiger partial charge in [-0.1, -0.05) is 0 Å². The van der Waals surface area contributed by atoms with E-state index >= 15 is 0 Å². The van der Waals surface area contributed by atoms with Gasteiger partial charge < -0.3 is 15.5 Å². The average Bonchev–Trinajstić information content (AvgIpc) is 3.11. The van der Waals surface area contributed by atoms with Gasteiger partial charge in [0.2, 0.25) is 5.91 Å². The molecule has 1 aromatic rings. The standard InChI is InChI=1S/C18H31N5O.2ClH/c1-14-11-15(2)23(21-14)10-4-9-22(3)17(24)16-12-18(13-20-16)5-7-19-8-6-18;;/h11,16,19-20H,4-10,12-13H2,1-3H3;2*1H. The lowest BCUT2D eigenvalue weighted by Crippen LogP contribution is -2.42. The van der Waals surface area contributed by atoms with Crippen LogP contribution in [0.1, 0.15) is 37.1 Å². The molecule has 26 heavy (non-hydrogen) atoms. The number of hydrogen-bond donors (Lipinski definition) is 2. The predicted octanol–water partition coefficient (Wildman–Crippen LogP) is 1.92. The maximum absolute atomic E-state index is 12.7. The second-order valence-electron chi connectivity index (χ2n) is 7.65. The number of rotatable bonds is 5. The number of hydrogen-bond acceptors (Lipinski definition) is 4. The van der Waals surface area contributed by atoms with Gasteiger partial charge in [-0.05, 0) is 64.1 Å². The largest absolute Gasteiger partial charge is 0.344 e. The van der Waals surface area contributed by atoms with Gasteiger partial charge in [-0.3, -0.25) is 9.48 Å². The van der Waals surface area contributed by atoms with Crippen molar-refractivity contribution in [1.82, 2.24) is 25.3 Å². The van der Waals surface area contributed by atoms with Crippen molar-refractivity contribution in [1.29, 1.82) is 0 Å². The Balaban J connectivity index is 0.00000169. The first-order valence-electron chi connectivity index (χ1n) is 9.19. The Hall–Kier alpha value is -0.820. The normalized spacial score (nSPS) is 21.1. The first kappa shape index (κ1) is 23.2. The lowest BCUT2D eigenvalue weighted by Gasteiger charge is -2.33. The number of carbonyl (C=O) groups is 1. The van der Waals surface area contributed by atoms with Gasteiger partial charge in [0.15, 0.2) is 0 Å². The fourth-order valence-corrected chi connectivity index (χ4v) is 4.16. The molecule has 1 unspecified atom stereocenters. The van der Waals surface area contributed by atoms with Gasteiger partial charge in [0.05, 0.1) is 11.7 Å². The van der Waals surface area contributed by atoms with E-state index in [2.05, 4.69) is 28.7 Å². The lowest BCUT2D eigenvalue weighted by atomic mass is 9.77. The van der Waals surface area contributed by atoms with Gasteiger partial charge in [-0.25, -0.2) is 0 Å². The van der Waals surface area contributed by atoms with Crippen molar-refractivity contribution in [2.75, 3.05) is 33.2 Å². The van der Waals surface area contributed by atoms with Gasteiger partial charge in [0.1, 0.15) is 0 Å². The third-order valence-corrected chi connectivity index (χ3v) is 5.67. The molecule has 2 saturated heterocycles. The minimum absolute atomic E-state index is 0. The second-order valence-corrected chi connectivity index (χ2v) is 7.65. The molecule has 2 aliphatic heterocycles. The smallest absolute Gasteiger partial charge is 0.239 e. The number of piperidine rings is 1. The summed E-state index contributed by atoms with van der Waals surface area (Å²) in [4.78, 5) is 14.6. The number of carbonyl (C=O) groups excluding carboxylic acids is 1. The maximum Gasteiger partial charge on any atom is 0.239 e. The summed E-state index contributed by atoms with van der Waals surface area (Å²) in [5.41, 5.74) is 2.59. The SMILES string of the molecule is Cc1cc(C)n(CCCN(C)C(=O)C2CC3(CCNCC3)CN2)n1.Cl.Cl. The van der Waals surface area contributed by atoms with Gasteiger partial charge in [-0.15, -0.1) is 24.8 Å². The fourth-order valence-electron chi connectivity index (χ4n) is 4.16. The van der Waals surface area contributed by atoms with Gasteiger partial charge in [0, 0.05) is 32.4 Å². The lowest BCUT2D eigenvalue weighted by molar-refractivity contribution is -0.132. The maximum atomic E-state index is 12.7. The van der Waals surface area contributed by atoms with E-state index in [9.17, 15) is 4.79 Å². The van der Waals surface area contributed by atoms with Crippen molar-refractivity contribution in [3.8, 4) is 0 Å². The Morgan fingerprint density at radius 3 is 2.65 bits per heavy atom. The van der Waals surface area contributed by atoms with Crippen molar-refractivity contribution in [2.24, 2.45) is 5.41 Å². The van der Waals surface area contributed by atoms with Crippen molar-refractivity contribution >= 4 is 30.7 Å². The Kier molecular flexibility index (Phi) is 8.86. The highest BCUT2D eigenvalue weighted by Gasteiger charge is 2.42. The van der Waals surface area contributed by atoms with Crippen molar-refractivity contribution in [2.45, 2.75) is 52.1 Å². The number of halogens is 2. The Bertz CT molecular complexity index is 586. The summed E-state index contributed by atoms with van der Waals surface area (Å²) < 4.78 is 2.03. The molecule has 1 atom stereocenters. The van der Waals surface area contributed by atoms with Crippen LogP contribution >= 0.6 is 24.8 Å². The summed E-state index contributed by atoms with van der Waals surface area (Å²) in [6, 6.07) is 2.09. The highest BCUT2D eigenvalue weighted by molar-refractivity contribution is 5.85. The van der Waals surface area contributed by atoms with Crippen molar-refractivity contribution < 1.29 is 4.79 Å². The van der Waals surface area contributed by atoms with E-state index in [1.807, 2.05) is 23.6 Å². The quantitative estimate of drug-likeness (QED) is 0.785. The molecule has 0 saturated carbocycles. The van der Waals surface area contributed by atoms with Crippen LogP contribution in [0.2, 0.25) is 0 Å². The van der Waals surface area contributed by atoms with E-state index in [-0.39, 0.29) is 36.8 Å². The summed E-state index contributed by atoms with van der Waals surface area (Å²) >= 11 is 0. The second kappa shape index (κ2) is 9.93. The van der Waals surface area contributed by atoms with Crippen molar-refractivity contribution in [3.63, 3.8) is 0 Å². The van der Waals surface area contributed by atoms with Gasteiger partial charge in [-0.2, -0.15) is 5.10 Å². The van der Waals surface area contributed by atoms with Crippen LogP contribution in [-0.4, -0.2) is 59.9 Å². The minimum atomic E-state index is 0. The van der Waals surface area contributed by atoms with Crippen LogP contribution in [0.25, 0.3) is 0 Å². The topological polar surface area (TPSA) is 62.2 Å². The zero-order valence-electron chi connectivity index (χ0n) is 16.1. The van der Waals surface area contributed by atoms with Crippen LogP contribution in [0.5, 0.6) is 0 Å². The molecule has 150 valence electrons. The molecule has 2 aliphatic rings. The summed E-state index contributed by atoms with van der Waals surface area (Å²) in [6.45, 7) is 8.90. The molecule has 3 heterocycles. The first-order valence-corrected chi connectivity index (χ1v) is 9.19. The molecule has 2 fully saturated rings. The summed E-state index contributed by atoms with van der Waals surface area (Å²) in [6.07, 6.45) is 4.30. The Morgan fingerprint density at radius 1 is 1.35 bits per heavy atom. The third kappa shape index (κ3) is 5.35. The molecule has 3 rings (SSSR count). The fraction of sp³-hybridized carbons (Fsp3) is 0.778. The van der Waals surface area contributed by atoms with Crippen molar-refractivity contribution in [3.05, 3.63) is 17.5 Å². The summed E-state index contributed by atoms with van der Waals surface area (Å²) in [5, 5.41) is 11.4. The zero-order chi connectivity index (χ0) is 17.2. The predicted molar refractivity (Wildman–Crippen MR) is 109 cm³/mol. The number of aromatic nitrogens is 2. The molecule has 2 N–H and O–H groups in total. The Labute approximate surface area is 169 Å². The molecular weight excluding hydrogens is 373 g/mol. The van der Waals surface area contributed by atoms with Crippen LogP contribution in [-0.2, 0) is 11.3 Å². The number of nitrogens with zero attached hydrogens (tertiary/aromatic N) is 3. The molecule has 0 radical (unpaired) electrons. The number of aryl methyl sites for hydroxylation is 3. The molecule has 8 heteroatoms. The summed E-state index contributed by atoms with van der Waals surface area (Å²) in [7, 11) is 1.93. The zero-order valence-corrected chi connectivity index (χ0v) is 17.7. The van der Waals surface area contributed by atoms with Crippen LogP contribution in [0, 0.1) is 19.3 Å². The van der Waals surface area contributed by atoms with Crippen LogP contribution in [0.3, 0.4) is 0 Å². The molecular formula is C18H33Cl2N5O. The van der Waals surface area contributed by atoms with Crippen LogP contribution in [0.4, 0.5) is 0 Å². The minimum Gasteiger partial charge on any atom is -0.344 e. The van der Waals surface area contributed by atoms with E-state index in [1.54, 1.807) is 0 Å². The van der Waals surface area contributed by atoms with Crippen LogP contribution < -0.4 is 10.6 Å². The highest BCUT2D eigenvalue weighted by Crippen LogP contribution is 2.37. The molecule has 1 aromatic heterocycles. The van der Waals surface area contributed by atoms with Gasteiger partial charge in [0.25, 0.3) is 0 Å². The molecule has 0 aliphatic carbocycles. The van der Waals surface area contributed by atoms with E-state index < -0.39 is 0 Å². The number of amides is 1. The monoisotopic (exact) mass is 405 g/mol. The first-order chi connectivity index (χ1) is 11.5. The van der Waals surface area contributed by atoms with E-state index in [4.69, 9.17) is 0 Å².